The van der Waals surface area contributed by atoms with Gasteiger partial charge in [0.2, 0.25) is 0 Å². The SMILES string of the molecule is Cc1cc(Br)ccc1-n1nc2c(c1Cl)CCCC2. The second-order valence-electron chi connectivity index (χ2n) is 4.77. The Labute approximate surface area is 120 Å². The first-order valence-electron chi connectivity index (χ1n) is 6.19. The van der Waals surface area contributed by atoms with E-state index in [1.807, 2.05) is 10.7 Å². The quantitative estimate of drug-likeness (QED) is 0.756. The number of hydrogen-bond acceptors (Lipinski definition) is 1. The number of aromatic nitrogens is 2. The highest BCUT2D eigenvalue weighted by molar-refractivity contribution is 9.10. The van der Waals surface area contributed by atoms with Crippen LogP contribution >= 0.6 is 27.5 Å². The first-order chi connectivity index (χ1) is 8.66. The van der Waals surface area contributed by atoms with E-state index in [1.54, 1.807) is 0 Å². The molecular weight excluding hydrogens is 312 g/mol. The van der Waals surface area contributed by atoms with E-state index in [4.69, 9.17) is 11.6 Å². The van der Waals surface area contributed by atoms with Crippen LogP contribution in [-0.2, 0) is 12.8 Å². The molecule has 2 aromatic rings. The van der Waals surface area contributed by atoms with Crippen LogP contribution in [0.1, 0.15) is 29.7 Å². The summed E-state index contributed by atoms with van der Waals surface area (Å²) in [7, 11) is 0. The van der Waals surface area contributed by atoms with Gasteiger partial charge in [0.15, 0.2) is 0 Å². The summed E-state index contributed by atoms with van der Waals surface area (Å²) in [4.78, 5) is 0. The van der Waals surface area contributed by atoms with E-state index in [1.165, 1.54) is 29.7 Å². The van der Waals surface area contributed by atoms with Crippen molar-refractivity contribution in [2.75, 3.05) is 0 Å². The molecule has 0 bridgehead atoms. The van der Waals surface area contributed by atoms with Gasteiger partial charge in [0.25, 0.3) is 0 Å². The van der Waals surface area contributed by atoms with Crippen LogP contribution in [0.5, 0.6) is 0 Å². The average Bonchev–Trinajstić information content (AvgIpc) is 2.68. The molecule has 0 aliphatic heterocycles. The molecule has 1 aromatic carbocycles. The summed E-state index contributed by atoms with van der Waals surface area (Å²) in [5, 5.41) is 5.47. The summed E-state index contributed by atoms with van der Waals surface area (Å²) >= 11 is 9.96. The summed E-state index contributed by atoms with van der Waals surface area (Å²) in [5.74, 6) is 0. The van der Waals surface area contributed by atoms with E-state index in [2.05, 4.69) is 40.1 Å². The van der Waals surface area contributed by atoms with Crippen molar-refractivity contribution in [3.63, 3.8) is 0 Å². The molecule has 0 amide bonds. The number of benzene rings is 1. The van der Waals surface area contributed by atoms with Gasteiger partial charge < -0.3 is 0 Å². The molecule has 1 aliphatic carbocycles. The Bertz CT molecular complexity index is 604. The molecule has 0 fully saturated rings. The Hall–Kier alpha value is -0.800. The summed E-state index contributed by atoms with van der Waals surface area (Å²) in [6, 6.07) is 6.18. The summed E-state index contributed by atoms with van der Waals surface area (Å²) in [6.07, 6.45) is 4.55. The molecule has 0 saturated carbocycles. The third kappa shape index (κ3) is 1.99. The number of rotatable bonds is 1. The lowest BCUT2D eigenvalue weighted by Crippen LogP contribution is -2.01. The lowest BCUT2D eigenvalue weighted by atomic mass is 9.98. The zero-order valence-electron chi connectivity index (χ0n) is 10.2. The summed E-state index contributed by atoms with van der Waals surface area (Å²) in [5.41, 5.74) is 4.66. The van der Waals surface area contributed by atoms with Gasteiger partial charge in [-0.1, -0.05) is 27.5 Å². The fraction of sp³-hybridized carbons (Fsp3) is 0.357. The van der Waals surface area contributed by atoms with Gasteiger partial charge in [-0.05, 0) is 56.4 Å². The number of fused-ring (bicyclic) bond motifs is 1. The van der Waals surface area contributed by atoms with Gasteiger partial charge in [0.05, 0.1) is 11.4 Å². The Morgan fingerprint density at radius 2 is 2.06 bits per heavy atom. The van der Waals surface area contributed by atoms with Gasteiger partial charge in [0.1, 0.15) is 5.15 Å². The third-order valence-corrected chi connectivity index (χ3v) is 4.36. The van der Waals surface area contributed by atoms with Crippen molar-refractivity contribution >= 4 is 27.5 Å². The molecule has 2 nitrogen and oxygen atoms in total. The van der Waals surface area contributed by atoms with Crippen LogP contribution in [-0.4, -0.2) is 9.78 Å². The lowest BCUT2D eigenvalue weighted by molar-refractivity contribution is 0.671. The topological polar surface area (TPSA) is 17.8 Å². The van der Waals surface area contributed by atoms with Crippen molar-refractivity contribution in [3.05, 3.63) is 44.6 Å². The molecule has 0 N–H and O–H groups in total. The van der Waals surface area contributed by atoms with E-state index >= 15 is 0 Å². The molecule has 18 heavy (non-hydrogen) atoms. The molecule has 1 aromatic heterocycles. The van der Waals surface area contributed by atoms with E-state index < -0.39 is 0 Å². The lowest BCUT2D eigenvalue weighted by Gasteiger charge is -2.08. The molecule has 0 radical (unpaired) electrons. The highest BCUT2D eigenvalue weighted by Gasteiger charge is 2.20. The monoisotopic (exact) mass is 324 g/mol. The van der Waals surface area contributed by atoms with Crippen LogP contribution in [0.2, 0.25) is 5.15 Å². The van der Waals surface area contributed by atoms with E-state index in [0.717, 1.165) is 28.2 Å². The molecule has 1 heterocycles. The van der Waals surface area contributed by atoms with E-state index in [-0.39, 0.29) is 0 Å². The van der Waals surface area contributed by atoms with Crippen molar-refractivity contribution in [1.29, 1.82) is 0 Å². The minimum Gasteiger partial charge on any atom is -0.221 e. The molecule has 3 rings (SSSR count). The van der Waals surface area contributed by atoms with Crippen LogP contribution in [0, 0.1) is 6.92 Å². The Morgan fingerprint density at radius 3 is 2.78 bits per heavy atom. The van der Waals surface area contributed by atoms with Crippen LogP contribution in [0.4, 0.5) is 0 Å². The zero-order chi connectivity index (χ0) is 12.7. The molecule has 94 valence electrons. The van der Waals surface area contributed by atoms with Gasteiger partial charge in [0, 0.05) is 10.0 Å². The van der Waals surface area contributed by atoms with Gasteiger partial charge in [-0.2, -0.15) is 5.10 Å². The summed E-state index contributed by atoms with van der Waals surface area (Å²) < 4.78 is 2.97. The Kier molecular flexibility index (Phi) is 3.20. The Morgan fingerprint density at radius 1 is 1.28 bits per heavy atom. The minimum atomic E-state index is 0.787. The van der Waals surface area contributed by atoms with Gasteiger partial charge in [-0.25, -0.2) is 4.68 Å². The van der Waals surface area contributed by atoms with Crippen molar-refractivity contribution in [3.8, 4) is 5.69 Å². The van der Waals surface area contributed by atoms with Gasteiger partial charge in [-0.3, -0.25) is 0 Å². The Balaban J connectivity index is 2.14. The van der Waals surface area contributed by atoms with Crippen LogP contribution < -0.4 is 0 Å². The van der Waals surface area contributed by atoms with E-state index in [0.29, 0.717) is 0 Å². The largest absolute Gasteiger partial charge is 0.221 e. The van der Waals surface area contributed by atoms with Crippen molar-refractivity contribution in [2.45, 2.75) is 32.6 Å². The minimum absolute atomic E-state index is 0.787. The van der Waals surface area contributed by atoms with Gasteiger partial charge in [-0.15, -0.1) is 0 Å². The van der Waals surface area contributed by atoms with Crippen molar-refractivity contribution in [1.82, 2.24) is 9.78 Å². The molecule has 0 atom stereocenters. The zero-order valence-corrected chi connectivity index (χ0v) is 12.6. The van der Waals surface area contributed by atoms with Crippen molar-refractivity contribution < 1.29 is 0 Å². The van der Waals surface area contributed by atoms with E-state index in [9.17, 15) is 0 Å². The number of hydrogen-bond donors (Lipinski definition) is 0. The third-order valence-electron chi connectivity index (χ3n) is 3.48. The van der Waals surface area contributed by atoms with Crippen LogP contribution in [0.25, 0.3) is 5.69 Å². The molecule has 0 saturated heterocycles. The molecular formula is C14H14BrClN2. The van der Waals surface area contributed by atoms with Crippen LogP contribution in [0.3, 0.4) is 0 Å². The summed E-state index contributed by atoms with van der Waals surface area (Å²) in [6.45, 7) is 2.08. The number of halogens is 2. The second kappa shape index (κ2) is 4.71. The highest BCUT2D eigenvalue weighted by atomic mass is 79.9. The molecule has 4 heteroatoms. The first kappa shape index (κ1) is 12.2. The fourth-order valence-electron chi connectivity index (χ4n) is 2.53. The molecule has 0 spiro atoms. The standard InChI is InChI=1S/C14H14BrClN2/c1-9-8-10(15)6-7-13(9)18-14(16)11-4-2-3-5-12(11)17-18/h6-8H,2-5H2,1H3. The van der Waals surface area contributed by atoms with Crippen LogP contribution in [0.15, 0.2) is 22.7 Å². The maximum absolute atomic E-state index is 6.48. The molecule has 1 aliphatic rings. The first-order valence-corrected chi connectivity index (χ1v) is 7.36. The predicted molar refractivity (Wildman–Crippen MR) is 77.7 cm³/mol. The number of aryl methyl sites for hydroxylation is 2. The fourth-order valence-corrected chi connectivity index (χ4v) is 3.34. The average molecular weight is 326 g/mol. The second-order valence-corrected chi connectivity index (χ2v) is 6.04. The number of nitrogens with zero attached hydrogens (tertiary/aromatic N) is 2. The maximum atomic E-state index is 6.48. The predicted octanol–water partition coefficient (Wildman–Crippen LogP) is 4.48. The normalized spacial score (nSPS) is 14.6. The smallest absolute Gasteiger partial charge is 0.136 e. The van der Waals surface area contributed by atoms with Gasteiger partial charge >= 0.3 is 0 Å². The highest BCUT2D eigenvalue weighted by Crippen LogP contribution is 2.31. The molecule has 0 unspecified atom stereocenters. The maximum Gasteiger partial charge on any atom is 0.136 e. The van der Waals surface area contributed by atoms with Crippen molar-refractivity contribution in [2.24, 2.45) is 0 Å².